The van der Waals surface area contributed by atoms with Crippen LogP contribution in [0.4, 0.5) is 0 Å². The Kier molecular flexibility index (Phi) is 4.82. The molecule has 0 aromatic heterocycles. The molecule has 0 aromatic rings. The monoisotopic (exact) mass is 182 g/mol. The van der Waals surface area contributed by atoms with Crippen LogP contribution in [0.25, 0.3) is 0 Å². The first-order valence-electron chi connectivity index (χ1n) is 5.27. The summed E-state index contributed by atoms with van der Waals surface area (Å²) in [5.74, 6) is 0.300. The fourth-order valence-electron chi connectivity index (χ4n) is 1.78. The second-order valence-corrected chi connectivity index (χ2v) is 3.90. The largest absolute Gasteiger partial charge is 0.393 e. The van der Waals surface area contributed by atoms with Crippen LogP contribution in [0.15, 0.2) is 0 Å². The molecular weight excluding hydrogens is 163 g/mol. The quantitative estimate of drug-likeness (QED) is 0.516. The molecular formula is C10H19BO2. The SMILES string of the molecule is [B][C@@H]1CC[C@H](O)[C@H]1COCCCC. The van der Waals surface area contributed by atoms with Crippen molar-refractivity contribution in [2.24, 2.45) is 5.92 Å². The average molecular weight is 182 g/mol. The maximum Gasteiger partial charge on any atom is 0.0705 e. The standard InChI is InChI=1S/C10H19BO2/c1-2-3-6-13-7-8-9(11)4-5-10(8)12/h8-10,12H,2-7H2,1H3/t8-,9+,10-/m0/s1. The third kappa shape index (κ3) is 3.32. The zero-order chi connectivity index (χ0) is 9.68. The van der Waals surface area contributed by atoms with E-state index in [0.717, 1.165) is 32.3 Å². The van der Waals surface area contributed by atoms with Gasteiger partial charge in [0.15, 0.2) is 0 Å². The highest BCUT2D eigenvalue weighted by molar-refractivity contribution is 6.12. The number of ether oxygens (including phenoxy) is 1. The number of hydrogen-bond acceptors (Lipinski definition) is 2. The molecule has 1 aliphatic rings. The minimum atomic E-state index is -0.239. The van der Waals surface area contributed by atoms with Gasteiger partial charge in [-0.15, -0.1) is 0 Å². The van der Waals surface area contributed by atoms with Crippen LogP contribution < -0.4 is 0 Å². The molecule has 0 heterocycles. The molecule has 1 rings (SSSR count). The number of rotatable bonds is 5. The molecule has 0 aromatic carbocycles. The fourth-order valence-corrected chi connectivity index (χ4v) is 1.78. The molecule has 0 bridgehead atoms. The van der Waals surface area contributed by atoms with E-state index in [1.165, 1.54) is 0 Å². The first-order chi connectivity index (χ1) is 6.25. The summed E-state index contributed by atoms with van der Waals surface area (Å²) in [5.41, 5.74) is 0. The van der Waals surface area contributed by atoms with Crippen molar-refractivity contribution in [3.05, 3.63) is 0 Å². The van der Waals surface area contributed by atoms with Gasteiger partial charge in [-0.3, -0.25) is 0 Å². The van der Waals surface area contributed by atoms with Crippen molar-refractivity contribution in [2.45, 2.75) is 44.5 Å². The van der Waals surface area contributed by atoms with E-state index < -0.39 is 0 Å². The van der Waals surface area contributed by atoms with Crippen molar-refractivity contribution in [1.82, 2.24) is 0 Å². The van der Waals surface area contributed by atoms with Crippen molar-refractivity contribution in [3.8, 4) is 0 Å². The van der Waals surface area contributed by atoms with Gasteiger partial charge in [-0.05, 0) is 12.8 Å². The van der Waals surface area contributed by atoms with Crippen molar-refractivity contribution < 1.29 is 9.84 Å². The Morgan fingerprint density at radius 2 is 2.23 bits per heavy atom. The summed E-state index contributed by atoms with van der Waals surface area (Å²) in [6.45, 7) is 3.56. The van der Waals surface area contributed by atoms with E-state index in [4.69, 9.17) is 12.6 Å². The minimum Gasteiger partial charge on any atom is -0.393 e. The highest BCUT2D eigenvalue weighted by Gasteiger charge is 2.31. The van der Waals surface area contributed by atoms with Gasteiger partial charge < -0.3 is 9.84 Å². The highest BCUT2D eigenvalue weighted by atomic mass is 16.5. The lowest BCUT2D eigenvalue weighted by Crippen LogP contribution is -2.22. The molecule has 3 heteroatoms. The summed E-state index contributed by atoms with van der Waals surface area (Å²) in [4.78, 5) is 0. The summed E-state index contributed by atoms with van der Waals surface area (Å²) in [5, 5.41) is 9.56. The predicted octanol–water partition coefficient (Wildman–Crippen LogP) is 1.53. The van der Waals surface area contributed by atoms with Gasteiger partial charge in [0, 0.05) is 12.5 Å². The van der Waals surface area contributed by atoms with Gasteiger partial charge in [-0.25, -0.2) is 0 Å². The smallest absolute Gasteiger partial charge is 0.0705 e. The number of aliphatic hydroxyl groups excluding tert-OH is 1. The maximum absolute atomic E-state index is 9.56. The van der Waals surface area contributed by atoms with Gasteiger partial charge in [0.2, 0.25) is 0 Å². The van der Waals surface area contributed by atoms with Crippen LogP contribution in [0.5, 0.6) is 0 Å². The fraction of sp³-hybridized carbons (Fsp3) is 1.00. The third-order valence-corrected chi connectivity index (χ3v) is 2.79. The molecule has 0 unspecified atom stereocenters. The third-order valence-electron chi connectivity index (χ3n) is 2.79. The zero-order valence-electron chi connectivity index (χ0n) is 8.41. The van der Waals surface area contributed by atoms with Gasteiger partial charge >= 0.3 is 0 Å². The average Bonchev–Trinajstić information content (AvgIpc) is 2.42. The molecule has 1 fully saturated rings. The van der Waals surface area contributed by atoms with Crippen molar-refractivity contribution >= 4 is 7.85 Å². The van der Waals surface area contributed by atoms with Gasteiger partial charge in [0.1, 0.15) is 0 Å². The molecule has 0 saturated heterocycles. The van der Waals surface area contributed by atoms with Crippen LogP contribution >= 0.6 is 0 Å². The number of hydrogen-bond donors (Lipinski definition) is 1. The molecule has 74 valence electrons. The minimum absolute atomic E-state index is 0.136. The Bertz CT molecular complexity index is 131. The van der Waals surface area contributed by atoms with Gasteiger partial charge in [-0.2, -0.15) is 0 Å². The Morgan fingerprint density at radius 1 is 1.46 bits per heavy atom. The lowest BCUT2D eigenvalue weighted by molar-refractivity contribution is 0.0436. The lowest BCUT2D eigenvalue weighted by Gasteiger charge is -2.18. The second kappa shape index (κ2) is 5.66. The summed E-state index contributed by atoms with van der Waals surface area (Å²) >= 11 is 0. The first-order valence-corrected chi connectivity index (χ1v) is 5.27. The molecule has 13 heavy (non-hydrogen) atoms. The molecule has 0 amide bonds. The maximum atomic E-state index is 9.56. The van der Waals surface area contributed by atoms with Crippen LogP contribution in [-0.2, 0) is 4.74 Å². The normalized spacial score (nSPS) is 33.8. The summed E-state index contributed by atoms with van der Waals surface area (Å²) in [7, 11) is 5.84. The molecule has 1 saturated carbocycles. The molecule has 1 aliphatic carbocycles. The van der Waals surface area contributed by atoms with Crippen molar-refractivity contribution in [3.63, 3.8) is 0 Å². The van der Waals surface area contributed by atoms with Crippen molar-refractivity contribution in [1.29, 1.82) is 0 Å². The Labute approximate surface area is 82.1 Å². The molecule has 0 aliphatic heterocycles. The van der Waals surface area contributed by atoms with Crippen LogP contribution in [0.3, 0.4) is 0 Å². The Hall–Kier alpha value is -0.0151. The van der Waals surface area contributed by atoms with Crippen LogP contribution in [0, 0.1) is 5.92 Å². The van der Waals surface area contributed by atoms with Gasteiger partial charge in [0.25, 0.3) is 0 Å². The first kappa shape index (κ1) is 11.1. The number of unbranched alkanes of at least 4 members (excludes halogenated alkanes) is 1. The molecule has 2 nitrogen and oxygen atoms in total. The summed E-state index contributed by atoms with van der Waals surface area (Å²) in [6, 6.07) is 0. The van der Waals surface area contributed by atoms with Crippen molar-refractivity contribution in [2.75, 3.05) is 13.2 Å². The van der Waals surface area contributed by atoms with E-state index in [1.807, 2.05) is 0 Å². The van der Waals surface area contributed by atoms with Crippen LogP contribution in [0.1, 0.15) is 32.6 Å². The molecule has 3 atom stereocenters. The van der Waals surface area contributed by atoms with E-state index in [2.05, 4.69) is 6.92 Å². The predicted molar refractivity (Wildman–Crippen MR) is 54.0 cm³/mol. The van der Waals surface area contributed by atoms with Crippen LogP contribution in [-0.4, -0.2) is 32.3 Å². The molecule has 0 spiro atoms. The molecule has 2 radical (unpaired) electrons. The van der Waals surface area contributed by atoms with E-state index in [0.29, 0.717) is 6.61 Å². The van der Waals surface area contributed by atoms with E-state index in [9.17, 15) is 5.11 Å². The Morgan fingerprint density at radius 3 is 2.77 bits per heavy atom. The van der Waals surface area contributed by atoms with E-state index >= 15 is 0 Å². The Balaban J connectivity index is 2.12. The second-order valence-electron chi connectivity index (χ2n) is 3.90. The highest BCUT2D eigenvalue weighted by Crippen LogP contribution is 2.34. The molecule has 1 N–H and O–H groups in total. The lowest BCUT2D eigenvalue weighted by atomic mass is 9.79. The zero-order valence-corrected chi connectivity index (χ0v) is 8.41. The van der Waals surface area contributed by atoms with Gasteiger partial charge in [0.05, 0.1) is 20.6 Å². The van der Waals surface area contributed by atoms with E-state index in [-0.39, 0.29) is 17.8 Å². The van der Waals surface area contributed by atoms with Gasteiger partial charge in [-0.1, -0.05) is 25.6 Å². The summed E-state index contributed by atoms with van der Waals surface area (Å²) < 4.78 is 5.46. The topological polar surface area (TPSA) is 29.5 Å². The number of aliphatic hydroxyl groups is 1. The summed E-state index contributed by atoms with van der Waals surface area (Å²) in [6.07, 6.45) is 3.78. The van der Waals surface area contributed by atoms with Crippen LogP contribution in [0.2, 0.25) is 5.82 Å². The van der Waals surface area contributed by atoms with E-state index in [1.54, 1.807) is 0 Å².